The number of pyridine rings is 2. The van der Waals surface area contributed by atoms with Gasteiger partial charge in [-0.2, -0.15) is 0 Å². The van der Waals surface area contributed by atoms with Crippen LogP contribution in [-0.2, 0) is 6.42 Å². The first-order valence-corrected chi connectivity index (χ1v) is 9.83. The fourth-order valence-electron chi connectivity index (χ4n) is 3.70. The molecule has 30 heavy (non-hydrogen) atoms. The van der Waals surface area contributed by atoms with E-state index in [1.807, 2.05) is 6.07 Å². The summed E-state index contributed by atoms with van der Waals surface area (Å²) >= 11 is 0. The van der Waals surface area contributed by atoms with Crippen LogP contribution in [0, 0.1) is 0 Å². The summed E-state index contributed by atoms with van der Waals surface area (Å²) in [7, 11) is 0. The molecule has 4 rings (SSSR count). The van der Waals surface area contributed by atoms with E-state index in [-0.39, 0.29) is 29.9 Å². The number of nitrogens with two attached hydrogens (primary N) is 3. The fourth-order valence-corrected chi connectivity index (χ4v) is 3.70. The van der Waals surface area contributed by atoms with Crippen LogP contribution in [0.2, 0.25) is 0 Å². The van der Waals surface area contributed by atoms with Crippen LogP contribution in [-0.4, -0.2) is 44.9 Å². The van der Waals surface area contributed by atoms with Crippen molar-refractivity contribution in [1.82, 2.24) is 19.9 Å². The lowest BCUT2D eigenvalue weighted by Gasteiger charge is -2.33. The molecule has 3 aromatic rings. The van der Waals surface area contributed by atoms with E-state index >= 15 is 0 Å². The molecule has 1 atom stereocenters. The molecule has 9 nitrogen and oxygen atoms in total. The molecular weight excluding hydrogens is 380 g/mol. The van der Waals surface area contributed by atoms with Gasteiger partial charge in [-0.1, -0.05) is 0 Å². The van der Waals surface area contributed by atoms with Crippen LogP contribution in [0.4, 0.5) is 17.3 Å². The van der Waals surface area contributed by atoms with Crippen molar-refractivity contribution in [2.24, 2.45) is 5.73 Å². The highest BCUT2D eigenvalue weighted by Crippen LogP contribution is 2.26. The molecule has 1 fully saturated rings. The highest BCUT2D eigenvalue weighted by molar-refractivity contribution is 6.01. The maximum absolute atomic E-state index is 13.1. The van der Waals surface area contributed by atoms with E-state index in [2.05, 4.69) is 24.8 Å². The standard InChI is InChI=1S/C21H24N8O/c22-14-2-1-9-29(12-14)18-6-7-25-11-13(18)10-19(30)20-15(23)3-4-16(27-20)17-5-8-26-21(24)28-17/h3-8,11,14H,1-2,9-10,12,22-23H2,(H2,24,26,28)/t14-/m0/s1. The molecule has 0 saturated carbocycles. The molecule has 6 N–H and O–H groups in total. The third-order valence-electron chi connectivity index (χ3n) is 5.15. The number of nitrogen functional groups attached to an aromatic ring is 2. The number of carbonyl (C=O) groups is 1. The van der Waals surface area contributed by atoms with Crippen molar-refractivity contribution in [1.29, 1.82) is 0 Å². The number of hydrogen-bond donors (Lipinski definition) is 3. The highest BCUT2D eigenvalue weighted by Gasteiger charge is 2.22. The van der Waals surface area contributed by atoms with Crippen molar-refractivity contribution < 1.29 is 4.79 Å². The normalized spacial score (nSPS) is 16.4. The minimum atomic E-state index is -0.188. The van der Waals surface area contributed by atoms with Crippen molar-refractivity contribution in [3.63, 3.8) is 0 Å². The zero-order valence-electron chi connectivity index (χ0n) is 16.5. The van der Waals surface area contributed by atoms with E-state index in [4.69, 9.17) is 17.2 Å². The molecule has 1 aliphatic heterocycles. The van der Waals surface area contributed by atoms with Gasteiger partial charge in [-0.15, -0.1) is 0 Å². The Morgan fingerprint density at radius 3 is 2.73 bits per heavy atom. The second-order valence-corrected chi connectivity index (χ2v) is 7.39. The summed E-state index contributed by atoms with van der Waals surface area (Å²) in [6, 6.07) is 7.10. The van der Waals surface area contributed by atoms with E-state index in [9.17, 15) is 4.79 Å². The predicted molar refractivity (Wildman–Crippen MR) is 116 cm³/mol. The molecule has 9 heteroatoms. The highest BCUT2D eigenvalue weighted by atomic mass is 16.1. The summed E-state index contributed by atoms with van der Waals surface area (Å²) in [5.74, 6) is -0.0503. The minimum absolute atomic E-state index is 0.129. The number of piperidine rings is 1. The molecule has 0 aromatic carbocycles. The Labute approximate surface area is 174 Å². The zero-order valence-corrected chi connectivity index (χ0v) is 16.5. The molecule has 0 aliphatic carbocycles. The molecule has 1 aliphatic rings. The van der Waals surface area contributed by atoms with Crippen LogP contribution < -0.4 is 22.1 Å². The zero-order chi connectivity index (χ0) is 21.1. The molecule has 4 heterocycles. The second kappa shape index (κ2) is 8.42. The summed E-state index contributed by atoms with van der Waals surface area (Å²) in [6.45, 7) is 1.67. The lowest BCUT2D eigenvalue weighted by atomic mass is 10.0. The average Bonchev–Trinajstić information content (AvgIpc) is 2.74. The Morgan fingerprint density at radius 2 is 1.93 bits per heavy atom. The second-order valence-electron chi connectivity index (χ2n) is 7.39. The molecule has 1 saturated heterocycles. The summed E-state index contributed by atoms with van der Waals surface area (Å²) < 4.78 is 0. The van der Waals surface area contributed by atoms with Gasteiger partial charge >= 0.3 is 0 Å². The number of ketones is 1. The first kappa shape index (κ1) is 19.7. The summed E-state index contributed by atoms with van der Waals surface area (Å²) in [5.41, 5.74) is 21.2. The van der Waals surface area contributed by atoms with Gasteiger partial charge < -0.3 is 22.1 Å². The van der Waals surface area contributed by atoms with Crippen LogP contribution in [0.5, 0.6) is 0 Å². The fraction of sp³-hybridized carbons (Fsp3) is 0.286. The van der Waals surface area contributed by atoms with E-state index < -0.39 is 0 Å². The number of rotatable bonds is 5. The summed E-state index contributed by atoms with van der Waals surface area (Å²) in [5, 5.41) is 0. The third kappa shape index (κ3) is 4.20. The van der Waals surface area contributed by atoms with Crippen molar-refractivity contribution >= 4 is 23.1 Å². The quantitative estimate of drug-likeness (QED) is 0.537. The maximum atomic E-state index is 13.1. The van der Waals surface area contributed by atoms with Crippen LogP contribution in [0.3, 0.4) is 0 Å². The number of anilines is 3. The van der Waals surface area contributed by atoms with E-state index in [1.54, 1.807) is 36.8 Å². The number of Topliss-reactive ketones (excluding diaryl/α,β-unsaturated/α-hetero) is 1. The Morgan fingerprint density at radius 1 is 1.10 bits per heavy atom. The Kier molecular flexibility index (Phi) is 5.53. The molecule has 3 aromatic heterocycles. The summed E-state index contributed by atoms with van der Waals surface area (Å²) in [6.07, 6.45) is 7.17. The van der Waals surface area contributed by atoms with Crippen molar-refractivity contribution in [2.75, 3.05) is 29.5 Å². The van der Waals surface area contributed by atoms with Gasteiger partial charge in [0.05, 0.1) is 17.1 Å². The van der Waals surface area contributed by atoms with Gasteiger partial charge in [0.1, 0.15) is 5.69 Å². The first-order chi connectivity index (χ1) is 14.5. The average molecular weight is 404 g/mol. The molecule has 0 unspecified atom stereocenters. The topological polar surface area (TPSA) is 150 Å². The molecular formula is C21H24N8O. The minimum Gasteiger partial charge on any atom is -0.397 e. The molecule has 0 radical (unpaired) electrons. The van der Waals surface area contributed by atoms with Crippen LogP contribution in [0.25, 0.3) is 11.4 Å². The lowest BCUT2D eigenvalue weighted by molar-refractivity contribution is 0.0989. The van der Waals surface area contributed by atoms with E-state index in [0.717, 1.165) is 37.2 Å². The van der Waals surface area contributed by atoms with Gasteiger partial charge in [-0.3, -0.25) is 9.78 Å². The number of aromatic nitrogens is 4. The third-order valence-corrected chi connectivity index (χ3v) is 5.15. The Balaban J connectivity index is 1.61. The molecule has 0 spiro atoms. The predicted octanol–water partition coefficient (Wildman–Crippen LogP) is 1.45. The lowest BCUT2D eigenvalue weighted by Crippen LogP contribution is -2.43. The first-order valence-electron chi connectivity index (χ1n) is 9.83. The van der Waals surface area contributed by atoms with Gasteiger partial charge in [0.2, 0.25) is 5.95 Å². The van der Waals surface area contributed by atoms with Crippen LogP contribution in [0.15, 0.2) is 42.9 Å². The van der Waals surface area contributed by atoms with Crippen molar-refractivity contribution in [2.45, 2.75) is 25.3 Å². The van der Waals surface area contributed by atoms with E-state index in [1.165, 1.54) is 0 Å². The SMILES string of the molecule is Nc1nccc(-c2ccc(N)c(C(=O)Cc3cnccc3N3CCC[C@H](N)C3)n2)n1. The van der Waals surface area contributed by atoms with Gasteiger partial charge in [-0.05, 0) is 37.1 Å². The monoisotopic (exact) mass is 404 g/mol. The van der Waals surface area contributed by atoms with Crippen molar-refractivity contribution in [3.05, 3.63) is 54.1 Å². The van der Waals surface area contributed by atoms with E-state index in [0.29, 0.717) is 17.1 Å². The smallest absolute Gasteiger partial charge is 0.220 e. The Hall–Kier alpha value is -3.59. The molecule has 154 valence electrons. The largest absolute Gasteiger partial charge is 0.397 e. The molecule has 0 bridgehead atoms. The van der Waals surface area contributed by atoms with Gasteiger partial charge in [0, 0.05) is 55.4 Å². The Bertz CT molecular complexity index is 1070. The number of hydrogen-bond acceptors (Lipinski definition) is 9. The molecule has 0 amide bonds. The van der Waals surface area contributed by atoms with Gasteiger partial charge in [0.25, 0.3) is 0 Å². The number of carbonyl (C=O) groups excluding carboxylic acids is 1. The summed E-state index contributed by atoms with van der Waals surface area (Å²) in [4.78, 5) is 32.0. The maximum Gasteiger partial charge on any atom is 0.220 e. The van der Waals surface area contributed by atoms with Crippen molar-refractivity contribution in [3.8, 4) is 11.4 Å². The van der Waals surface area contributed by atoms with Gasteiger partial charge in [-0.25, -0.2) is 15.0 Å². The van der Waals surface area contributed by atoms with Crippen LogP contribution in [0.1, 0.15) is 28.9 Å². The van der Waals surface area contributed by atoms with Gasteiger partial charge in [0.15, 0.2) is 5.78 Å². The number of nitrogens with zero attached hydrogens (tertiary/aromatic N) is 5. The van der Waals surface area contributed by atoms with Crippen LogP contribution >= 0.6 is 0 Å².